The van der Waals surface area contributed by atoms with E-state index in [1.165, 1.54) is 0 Å². The van der Waals surface area contributed by atoms with Gasteiger partial charge in [0, 0.05) is 30.6 Å². The predicted molar refractivity (Wildman–Crippen MR) is 182 cm³/mol. The van der Waals surface area contributed by atoms with Crippen molar-refractivity contribution in [2.75, 3.05) is 26.2 Å². The van der Waals surface area contributed by atoms with E-state index in [-0.39, 0.29) is 35.0 Å². The van der Waals surface area contributed by atoms with E-state index in [9.17, 15) is 19.8 Å². The summed E-state index contributed by atoms with van der Waals surface area (Å²) in [4.78, 5) is 29.9. The molecule has 0 saturated carbocycles. The van der Waals surface area contributed by atoms with Gasteiger partial charge >= 0.3 is 0 Å². The van der Waals surface area contributed by atoms with Crippen molar-refractivity contribution in [2.24, 2.45) is 38.4 Å². The van der Waals surface area contributed by atoms with Crippen molar-refractivity contribution >= 4 is 17.6 Å². The number of carbonyl (C=O) groups is 2. The van der Waals surface area contributed by atoms with Crippen LogP contribution >= 0.6 is 0 Å². The minimum Gasteiger partial charge on any atom is -0.390 e. The van der Waals surface area contributed by atoms with E-state index in [1.54, 1.807) is 0 Å². The molecular weight excluding hydrogens is 558 g/mol. The maximum atomic E-state index is 12.8. The third-order valence-corrected chi connectivity index (χ3v) is 7.71. The molecule has 0 fully saturated rings. The van der Waals surface area contributed by atoms with Crippen LogP contribution in [-0.4, -0.2) is 82.9 Å². The van der Waals surface area contributed by atoms with Crippen LogP contribution in [0.3, 0.4) is 0 Å². The maximum absolute atomic E-state index is 12.8. The third kappa shape index (κ3) is 18.2. The molecule has 0 heterocycles. The molecule has 3 atom stereocenters. The molecule has 2 amide bonds. The number of amides is 2. The fourth-order valence-electron chi connectivity index (χ4n) is 6.33. The average molecular weight is 628 g/mol. The number of nitrogens with two attached hydrogens (primary N) is 3. The number of hydrogen-bond acceptors (Lipinski definition) is 8. The van der Waals surface area contributed by atoms with Crippen molar-refractivity contribution in [1.29, 1.82) is 0 Å². The topological polar surface area (TPSA) is 201 Å². The van der Waals surface area contributed by atoms with Gasteiger partial charge in [-0.25, -0.2) is 0 Å². The highest BCUT2D eigenvalue weighted by molar-refractivity contribution is 5.89. The number of nitrogens with one attached hydrogen (secondary N) is 3. The van der Waals surface area contributed by atoms with Crippen LogP contribution in [0.15, 0.2) is 4.99 Å². The summed E-state index contributed by atoms with van der Waals surface area (Å²) in [6.07, 6.45) is -0.140. The van der Waals surface area contributed by atoms with E-state index in [1.807, 2.05) is 48.5 Å². The van der Waals surface area contributed by atoms with Crippen molar-refractivity contribution in [2.45, 2.75) is 150 Å². The van der Waals surface area contributed by atoms with E-state index in [0.29, 0.717) is 38.2 Å². The minimum atomic E-state index is -1.63. The van der Waals surface area contributed by atoms with Crippen LogP contribution in [0.1, 0.15) is 122 Å². The van der Waals surface area contributed by atoms with Crippen molar-refractivity contribution in [3.05, 3.63) is 0 Å². The zero-order chi connectivity index (χ0) is 34.8. The molecule has 1 unspecified atom stereocenters. The summed E-state index contributed by atoms with van der Waals surface area (Å²) in [6, 6.07) is 0. The number of aliphatic hydroxyl groups is 2. The Balaban J connectivity index is 4.95. The lowest BCUT2D eigenvalue weighted by Crippen LogP contribution is -2.52. The first-order valence-electron chi connectivity index (χ1n) is 16.2. The number of amidine groups is 1. The molecule has 0 saturated heterocycles. The number of aliphatic imine (C=N–C) groups is 1. The van der Waals surface area contributed by atoms with Gasteiger partial charge in [0.15, 0.2) is 6.10 Å². The average Bonchev–Trinajstić information content (AvgIpc) is 2.80. The quantitative estimate of drug-likeness (QED) is 0.0539. The molecule has 0 aromatic heterocycles. The van der Waals surface area contributed by atoms with Crippen LogP contribution in [0.4, 0.5) is 0 Å². The summed E-state index contributed by atoms with van der Waals surface area (Å²) in [7, 11) is 0. The van der Waals surface area contributed by atoms with Crippen LogP contribution in [-0.2, 0) is 9.59 Å². The first-order valence-corrected chi connectivity index (χ1v) is 16.2. The fraction of sp³-hybridized carbons (Fsp3) is 0.909. The Morgan fingerprint density at radius 3 is 1.93 bits per heavy atom. The third-order valence-electron chi connectivity index (χ3n) is 7.71. The molecular formula is C33H69N7O4. The number of hydrogen-bond donors (Lipinski definition) is 8. The summed E-state index contributed by atoms with van der Waals surface area (Å²) in [5.41, 5.74) is 16.8. The van der Waals surface area contributed by atoms with Crippen molar-refractivity contribution < 1.29 is 19.8 Å². The number of nitrogens with zero attached hydrogens (tertiary/aromatic N) is 1. The molecule has 0 aromatic rings. The van der Waals surface area contributed by atoms with Gasteiger partial charge in [0.2, 0.25) is 5.91 Å². The molecule has 0 aliphatic rings. The van der Waals surface area contributed by atoms with Crippen LogP contribution < -0.4 is 33.2 Å². The van der Waals surface area contributed by atoms with Crippen LogP contribution in [0.5, 0.6) is 0 Å². The van der Waals surface area contributed by atoms with Crippen molar-refractivity contribution in [1.82, 2.24) is 16.0 Å². The zero-order valence-electron chi connectivity index (χ0n) is 30.1. The first kappa shape index (κ1) is 42.2. The molecule has 0 radical (unpaired) electrons. The number of aliphatic hydroxyl groups excluding tert-OH is 2. The minimum absolute atomic E-state index is 0.000143. The highest BCUT2D eigenvalue weighted by Gasteiger charge is 2.35. The second kappa shape index (κ2) is 16.7. The molecule has 0 aliphatic heterocycles. The molecule has 0 aromatic carbocycles. The first-order chi connectivity index (χ1) is 19.6. The normalized spacial score (nSPS) is 16.7. The van der Waals surface area contributed by atoms with Gasteiger partial charge in [0.05, 0.1) is 11.6 Å². The standard InChI is InChI=1S/C33H69N7O4/c1-13-37-17-16-28(2,3)20-33(12,36)27(34)39-22-30(6,7)19-32(10,11)40-24(42)15-14-23(41)25(43)26(44)38-21-29(4,5)18-31(8,9)35/h23,25,37,41,43H,13-22,35-36H2,1-12H3,(H2,34,39)(H,38,44)(H,40,42)/t23-,25+,33?/m1/s1. The molecule has 11 N–H and O–H groups in total. The second-order valence-corrected chi connectivity index (χ2v) is 16.9. The maximum Gasteiger partial charge on any atom is 0.251 e. The van der Waals surface area contributed by atoms with Gasteiger partial charge in [-0.2, -0.15) is 0 Å². The summed E-state index contributed by atoms with van der Waals surface area (Å²) >= 11 is 0. The Morgan fingerprint density at radius 2 is 1.41 bits per heavy atom. The lowest BCUT2D eigenvalue weighted by Gasteiger charge is -2.36. The van der Waals surface area contributed by atoms with Gasteiger partial charge in [0.1, 0.15) is 5.84 Å². The fourth-order valence-corrected chi connectivity index (χ4v) is 6.33. The van der Waals surface area contributed by atoms with Crippen LogP contribution in [0.2, 0.25) is 0 Å². The number of rotatable bonds is 21. The molecule has 0 bridgehead atoms. The summed E-state index contributed by atoms with van der Waals surface area (Å²) in [5, 5.41) is 29.8. The Labute approximate surface area is 268 Å². The van der Waals surface area contributed by atoms with Crippen molar-refractivity contribution in [3.63, 3.8) is 0 Å². The van der Waals surface area contributed by atoms with Gasteiger partial charge in [-0.05, 0) is 96.1 Å². The zero-order valence-corrected chi connectivity index (χ0v) is 30.1. The molecule has 0 spiro atoms. The van der Waals surface area contributed by atoms with E-state index in [2.05, 4.69) is 50.6 Å². The van der Waals surface area contributed by atoms with E-state index in [4.69, 9.17) is 22.2 Å². The summed E-state index contributed by atoms with van der Waals surface area (Å²) in [5.74, 6) is -0.526. The van der Waals surface area contributed by atoms with E-state index in [0.717, 1.165) is 19.5 Å². The summed E-state index contributed by atoms with van der Waals surface area (Å²) in [6.45, 7) is 26.8. The molecule has 11 nitrogen and oxygen atoms in total. The lowest BCUT2D eigenvalue weighted by molar-refractivity contribution is -0.137. The number of carbonyl (C=O) groups excluding carboxylic acids is 2. The highest BCUT2D eigenvalue weighted by Crippen LogP contribution is 2.32. The Bertz CT molecular complexity index is 937. The SMILES string of the molecule is CCNCCC(C)(C)CC(C)(N)C(N)=NCC(C)(C)CC(C)(C)NC(=O)CC[C@@H](O)[C@H](O)C(=O)NCC(C)(C)CC(C)(C)N. The van der Waals surface area contributed by atoms with Gasteiger partial charge in [0.25, 0.3) is 5.91 Å². The van der Waals surface area contributed by atoms with Gasteiger partial charge in [-0.1, -0.05) is 48.5 Å². The van der Waals surface area contributed by atoms with E-state index < -0.39 is 34.7 Å². The van der Waals surface area contributed by atoms with Crippen molar-refractivity contribution in [3.8, 4) is 0 Å². The molecule has 0 rings (SSSR count). The highest BCUT2D eigenvalue weighted by atomic mass is 16.3. The van der Waals surface area contributed by atoms with Gasteiger partial charge in [-0.15, -0.1) is 0 Å². The monoisotopic (exact) mass is 628 g/mol. The predicted octanol–water partition coefficient (Wildman–Crippen LogP) is 2.56. The van der Waals surface area contributed by atoms with Crippen LogP contribution in [0.25, 0.3) is 0 Å². The Kier molecular flexibility index (Phi) is 16.0. The van der Waals surface area contributed by atoms with E-state index >= 15 is 0 Å². The van der Waals surface area contributed by atoms with Crippen LogP contribution in [0, 0.1) is 16.2 Å². The molecule has 260 valence electrons. The molecule has 44 heavy (non-hydrogen) atoms. The van der Waals surface area contributed by atoms with Gasteiger partial charge in [-0.3, -0.25) is 14.6 Å². The lowest BCUT2D eigenvalue weighted by atomic mass is 9.76. The second-order valence-electron chi connectivity index (χ2n) is 16.9. The summed E-state index contributed by atoms with van der Waals surface area (Å²) < 4.78 is 0. The Hall–Kier alpha value is -1.79. The smallest absolute Gasteiger partial charge is 0.251 e. The molecule has 0 aliphatic carbocycles. The van der Waals surface area contributed by atoms with Gasteiger partial charge < -0.3 is 43.4 Å². The molecule has 11 heteroatoms. The largest absolute Gasteiger partial charge is 0.390 e. The Morgan fingerprint density at radius 1 is 0.841 bits per heavy atom.